The van der Waals surface area contributed by atoms with E-state index in [1.54, 1.807) is 47.7 Å². The van der Waals surface area contributed by atoms with Crippen LogP contribution in [0.1, 0.15) is 107 Å². The van der Waals surface area contributed by atoms with Crippen LogP contribution in [0.3, 0.4) is 0 Å². The highest BCUT2D eigenvalue weighted by atomic mass is 79.9. The van der Waals surface area contributed by atoms with Gasteiger partial charge in [-0.25, -0.2) is 28.8 Å². The second-order valence-electron chi connectivity index (χ2n) is 28.0. The molecule has 0 spiro atoms. The maximum Gasteiger partial charge on any atom is 0.410 e. The number of fused-ring (bicyclic) bond motifs is 6. The van der Waals surface area contributed by atoms with Crippen LogP contribution in [0, 0.1) is 0 Å². The average Bonchev–Trinajstić information content (AvgIpc) is 1.63. The number of carbonyl (C=O) groups excluding carboxylic acids is 3. The fourth-order valence-corrected chi connectivity index (χ4v) is 13.5. The predicted octanol–water partition coefficient (Wildman–Crippen LogP) is 15.6. The van der Waals surface area contributed by atoms with Gasteiger partial charge in [0.2, 0.25) is 0 Å². The van der Waals surface area contributed by atoms with E-state index in [0.29, 0.717) is 18.6 Å². The number of aromatic nitrogens is 3. The molecular formula is C82H95BrN8O12. The number of para-hydroxylation sites is 4. The van der Waals surface area contributed by atoms with Crippen LogP contribution in [-0.4, -0.2) is 164 Å². The number of nitrogens with one attached hydrogen (secondary N) is 3. The van der Waals surface area contributed by atoms with Gasteiger partial charge >= 0.3 is 36.2 Å². The van der Waals surface area contributed by atoms with Crippen LogP contribution in [0.4, 0.5) is 14.4 Å². The highest BCUT2D eigenvalue weighted by Gasteiger charge is 2.35. The molecule has 0 bridgehead atoms. The zero-order valence-corrected chi connectivity index (χ0v) is 62.0. The summed E-state index contributed by atoms with van der Waals surface area (Å²) in [6, 6.07) is 56.0. The van der Waals surface area contributed by atoms with Gasteiger partial charge in [0.25, 0.3) is 0 Å². The number of amides is 3. The molecule has 10 aromatic rings. The number of aromatic amines is 1. The van der Waals surface area contributed by atoms with Gasteiger partial charge < -0.3 is 54.3 Å². The monoisotopic (exact) mass is 1460 g/mol. The van der Waals surface area contributed by atoms with Gasteiger partial charge in [0.1, 0.15) is 35.9 Å². The van der Waals surface area contributed by atoms with Crippen LogP contribution >= 0.6 is 15.9 Å². The molecule has 103 heavy (non-hydrogen) atoms. The van der Waals surface area contributed by atoms with Gasteiger partial charge in [-0.15, -0.1) is 0 Å². The Morgan fingerprint density at radius 2 is 0.951 bits per heavy atom. The summed E-state index contributed by atoms with van der Waals surface area (Å²) < 4.78 is 21.5. The summed E-state index contributed by atoms with van der Waals surface area (Å²) >= 11 is 3.48. The Balaban J connectivity index is 0.000000174. The van der Waals surface area contributed by atoms with Crippen molar-refractivity contribution in [3.8, 4) is 16.8 Å². The van der Waals surface area contributed by atoms with Crippen molar-refractivity contribution in [2.75, 3.05) is 41.8 Å². The Kier molecular flexibility index (Phi) is 25.9. The molecule has 6 N–H and O–H groups in total. The second-order valence-corrected chi connectivity index (χ2v) is 28.9. The van der Waals surface area contributed by atoms with E-state index in [1.807, 2.05) is 156 Å². The number of nitrogens with zero attached hydrogens (tertiary/aromatic N) is 5. The van der Waals surface area contributed by atoms with Crippen LogP contribution in [0.5, 0.6) is 0 Å². The number of benzene rings is 7. The van der Waals surface area contributed by atoms with Crippen molar-refractivity contribution < 1.29 is 58.3 Å². The molecule has 5 atom stereocenters. The highest BCUT2D eigenvalue weighted by molar-refractivity contribution is 9.10. The predicted molar refractivity (Wildman–Crippen MR) is 407 cm³/mol. The number of carbonyl (C=O) groups is 6. The van der Waals surface area contributed by atoms with Crippen molar-refractivity contribution in [3.63, 3.8) is 0 Å². The van der Waals surface area contributed by atoms with Crippen LogP contribution in [0.25, 0.3) is 49.5 Å². The molecule has 0 radical (unpaired) electrons. The third-order valence-corrected chi connectivity index (χ3v) is 19.2. The van der Waals surface area contributed by atoms with Crippen molar-refractivity contribution in [2.45, 2.75) is 140 Å². The van der Waals surface area contributed by atoms with Crippen molar-refractivity contribution in [1.82, 2.24) is 39.5 Å². The molecule has 0 aliphatic heterocycles. The molecule has 3 heterocycles. The lowest BCUT2D eigenvalue weighted by molar-refractivity contribution is -0.143. The second kappa shape index (κ2) is 34.6. The van der Waals surface area contributed by atoms with Gasteiger partial charge in [0.15, 0.2) is 0 Å². The Hall–Kier alpha value is -10.2. The van der Waals surface area contributed by atoms with Gasteiger partial charge in [0.05, 0.1) is 5.52 Å². The molecule has 3 amide bonds. The number of aliphatic carboxylic acids is 3. The fourth-order valence-electron chi connectivity index (χ4n) is 13.3. The first-order valence-corrected chi connectivity index (χ1v) is 35.5. The number of rotatable bonds is 19. The van der Waals surface area contributed by atoms with E-state index < -0.39 is 65.5 Å². The van der Waals surface area contributed by atoms with Crippen LogP contribution in [-0.2, 0) is 54.4 Å². The van der Waals surface area contributed by atoms with E-state index in [1.165, 1.54) is 51.7 Å². The number of hydrogen-bond donors (Lipinski definition) is 6. The number of H-pyrrole nitrogens is 1. The van der Waals surface area contributed by atoms with Crippen LogP contribution in [0.15, 0.2) is 199 Å². The van der Waals surface area contributed by atoms with Crippen molar-refractivity contribution in [3.05, 3.63) is 232 Å². The third kappa shape index (κ3) is 19.7. The average molecular weight is 1460 g/mol. The van der Waals surface area contributed by atoms with Crippen LogP contribution < -0.4 is 10.6 Å². The minimum atomic E-state index is -1.09. The topological polar surface area (TPSA) is 250 Å². The third-order valence-electron chi connectivity index (χ3n) is 18.6. The largest absolute Gasteiger partial charge is 0.480 e. The molecule has 2 aliphatic rings. The Morgan fingerprint density at radius 3 is 1.46 bits per heavy atom. The summed E-state index contributed by atoms with van der Waals surface area (Å²) in [5, 5.41) is 39.0. The molecule has 0 unspecified atom stereocenters. The lowest BCUT2D eigenvalue weighted by Gasteiger charge is -2.30. The lowest BCUT2D eigenvalue weighted by atomic mass is 9.91. The zero-order chi connectivity index (χ0) is 74.3. The molecule has 3 aromatic heterocycles. The molecule has 12 rings (SSSR count). The number of carboxylic acid groups (broad SMARTS) is 3. The SMILES string of the molecule is CN(C(=O)OC(C)(C)C)[C@@H](Cc1c[nH]c2ccccc12)C(=O)O.CN(C(=O)OC(C)(C)C)[C@@H](Cc1cn(-c2ccccc2)c2ccccc12)C(=O)O.CN(C(=O)OCC1c2ccccc2-c2ccccc21)[C@@H](Cc1cn(Cc2ccc(Br)cc2)c2ccccc12)C(=O)O.CN[C@H]1CCCC[C@@H]1NC. The first-order valence-electron chi connectivity index (χ1n) is 34.7. The minimum Gasteiger partial charge on any atom is -0.480 e. The summed E-state index contributed by atoms with van der Waals surface area (Å²) in [6.07, 6.45) is 9.75. The quantitative estimate of drug-likeness (QED) is 0.0412. The number of likely N-dealkylation sites (N-methyl/N-ethyl adjacent to an activating group) is 5. The van der Waals surface area contributed by atoms with Gasteiger partial charge in [-0.05, 0) is 155 Å². The first-order chi connectivity index (χ1) is 49.1. The number of hydrogen-bond acceptors (Lipinski definition) is 11. The normalized spacial score (nSPS) is 14.9. The molecule has 2 aliphatic carbocycles. The van der Waals surface area contributed by atoms with Crippen molar-refractivity contribution in [1.29, 1.82) is 0 Å². The van der Waals surface area contributed by atoms with E-state index in [-0.39, 0.29) is 31.8 Å². The van der Waals surface area contributed by atoms with Crippen LogP contribution in [0.2, 0.25) is 0 Å². The fraction of sp³-hybridized carbons (Fsp3) is 0.341. The van der Waals surface area contributed by atoms with E-state index in [9.17, 15) is 44.1 Å². The summed E-state index contributed by atoms with van der Waals surface area (Å²) in [6.45, 7) is 11.3. The van der Waals surface area contributed by atoms with E-state index >= 15 is 0 Å². The molecular weight excluding hydrogens is 1370 g/mol. The maximum absolute atomic E-state index is 13.2. The lowest BCUT2D eigenvalue weighted by Crippen LogP contribution is -2.47. The highest BCUT2D eigenvalue weighted by Crippen LogP contribution is 2.45. The van der Waals surface area contributed by atoms with Gasteiger partial charge in [-0.1, -0.05) is 162 Å². The van der Waals surface area contributed by atoms with Crippen molar-refractivity contribution in [2.24, 2.45) is 0 Å². The van der Waals surface area contributed by atoms with E-state index in [2.05, 4.69) is 86.6 Å². The molecule has 1 saturated carbocycles. The molecule has 7 aromatic carbocycles. The van der Waals surface area contributed by atoms with Gasteiger partial charge in [-0.2, -0.15) is 0 Å². The maximum atomic E-state index is 13.2. The molecule has 1 fully saturated rings. The summed E-state index contributed by atoms with van der Waals surface area (Å²) in [4.78, 5) is 80.4. The minimum absolute atomic E-state index is 0.0976. The Bertz CT molecular complexity index is 4500. The molecule has 542 valence electrons. The molecule has 21 heteroatoms. The van der Waals surface area contributed by atoms with Gasteiger partial charge in [-0.3, -0.25) is 14.7 Å². The van der Waals surface area contributed by atoms with E-state index in [0.717, 1.165) is 97.2 Å². The standard InChI is InChI=1S/C34H29BrN2O4.C23H26N2O4.C17H22N2O4.C8H18N2/c1-36(34(40)41-21-30-28-11-4-2-9-26(28)27-10-3-5-12-29(27)30)32(33(38)39)18-23-20-37(31-13-7-6-8-25(23)31)19-22-14-16-24(35)17-15-22;1-23(2,3)29-22(28)24(4)20(21(26)27)14-16-15-25(17-10-6-5-7-11-17)19-13-9-8-12-18(16)19;1-17(2,3)23-16(22)19(4)14(15(20)21)9-11-10-18-13-8-6-5-7-12(11)13;1-9-7-5-3-4-6-8(7)10-2/h2-17,20,30,32H,18-19,21H2,1H3,(H,38,39);5-13,15,20H,14H2,1-4H3,(H,26,27);5-8,10,14,18H,9H2,1-4H3,(H,20,21);7-10H,3-6H2,1-2H3/t32-;20-;14-;7-,8-/m0000/s1. The summed E-state index contributed by atoms with van der Waals surface area (Å²) in [7, 11) is 8.52. The Labute approximate surface area is 610 Å². The number of halogens is 1. The van der Waals surface area contributed by atoms with E-state index in [4.69, 9.17) is 14.2 Å². The Morgan fingerprint density at radius 1 is 0.524 bits per heavy atom. The molecule has 0 saturated heterocycles. The summed E-state index contributed by atoms with van der Waals surface area (Å²) in [5.41, 5.74) is 10.7. The first kappa shape index (κ1) is 76.9. The zero-order valence-electron chi connectivity index (χ0n) is 60.4. The number of ether oxygens (including phenoxy) is 3. The number of carboxylic acids is 3. The van der Waals surface area contributed by atoms with Crippen molar-refractivity contribution >= 4 is 84.8 Å². The smallest absolute Gasteiger partial charge is 0.410 e. The molecule has 20 nitrogen and oxygen atoms in total. The summed E-state index contributed by atoms with van der Waals surface area (Å²) in [5.74, 6) is -3.32. The van der Waals surface area contributed by atoms with Gasteiger partial charge in [0, 0.05) is 121 Å².